The molecule has 0 fully saturated rings. The predicted molar refractivity (Wildman–Crippen MR) is 82.5 cm³/mol. The molecule has 9 heteroatoms. The Morgan fingerprint density at radius 1 is 1.12 bits per heavy atom. The van der Waals surface area contributed by atoms with E-state index in [4.69, 9.17) is 5.73 Å². The van der Waals surface area contributed by atoms with Crippen molar-refractivity contribution in [1.29, 1.82) is 0 Å². The Balaban J connectivity index is 2.18. The number of anilines is 1. The van der Waals surface area contributed by atoms with E-state index >= 15 is 0 Å². The summed E-state index contributed by atoms with van der Waals surface area (Å²) in [7, 11) is 0. The van der Waals surface area contributed by atoms with Gasteiger partial charge in [-0.25, -0.2) is 9.50 Å². The molecule has 2 N–H and O–H groups in total. The van der Waals surface area contributed by atoms with Gasteiger partial charge in [-0.1, -0.05) is 18.2 Å². The quantitative estimate of drug-likeness (QED) is 0.707. The molecule has 0 bridgehead atoms. The molecule has 0 aliphatic heterocycles. The van der Waals surface area contributed by atoms with Crippen LogP contribution in [0.2, 0.25) is 0 Å². The summed E-state index contributed by atoms with van der Waals surface area (Å²) in [5.41, 5.74) is 6.32. The number of alkyl halides is 3. The fourth-order valence-electron chi connectivity index (χ4n) is 2.22. The van der Waals surface area contributed by atoms with Gasteiger partial charge in [0.25, 0.3) is 0 Å². The summed E-state index contributed by atoms with van der Waals surface area (Å²) in [6, 6.07) is 8.11. The van der Waals surface area contributed by atoms with Crippen molar-refractivity contribution in [3.63, 3.8) is 0 Å². The number of aryl methyl sites for hydroxylation is 2. The standard InChI is InChI=1S/C15H13F3N6/c1-8-5-3-4-6-10(8)21-22-12-13(19)23-24-11(15(16,17)18)7-9(2)20-14(12)24/h3-7H,1-2H3,(H2,19,23). The molecule has 24 heavy (non-hydrogen) atoms. The minimum atomic E-state index is -4.59. The Bertz CT molecular complexity index is 942. The van der Waals surface area contributed by atoms with Gasteiger partial charge < -0.3 is 5.73 Å². The van der Waals surface area contributed by atoms with Crippen LogP contribution < -0.4 is 5.73 Å². The average Bonchev–Trinajstić information content (AvgIpc) is 2.80. The van der Waals surface area contributed by atoms with E-state index in [1.807, 2.05) is 19.1 Å². The van der Waals surface area contributed by atoms with Gasteiger partial charge in [0.05, 0.1) is 5.69 Å². The minimum Gasteiger partial charge on any atom is -0.380 e. The highest BCUT2D eigenvalue weighted by molar-refractivity contribution is 5.75. The van der Waals surface area contributed by atoms with Gasteiger partial charge in [-0.3, -0.25) is 0 Å². The van der Waals surface area contributed by atoms with E-state index in [-0.39, 0.29) is 22.8 Å². The summed E-state index contributed by atoms with van der Waals surface area (Å²) < 4.78 is 40.1. The van der Waals surface area contributed by atoms with Crippen LogP contribution in [0.1, 0.15) is 17.0 Å². The Morgan fingerprint density at radius 2 is 1.83 bits per heavy atom. The fourth-order valence-corrected chi connectivity index (χ4v) is 2.22. The zero-order chi connectivity index (χ0) is 17.5. The van der Waals surface area contributed by atoms with Crippen LogP contribution in [0.5, 0.6) is 0 Å². The second-order valence-electron chi connectivity index (χ2n) is 5.24. The Hall–Kier alpha value is -2.97. The fraction of sp³-hybridized carbons (Fsp3) is 0.200. The number of benzene rings is 1. The van der Waals surface area contributed by atoms with E-state index in [2.05, 4.69) is 20.3 Å². The Labute approximate surface area is 134 Å². The topological polar surface area (TPSA) is 80.9 Å². The maximum absolute atomic E-state index is 13.2. The molecule has 0 saturated heterocycles. The molecule has 6 nitrogen and oxygen atoms in total. The lowest BCUT2D eigenvalue weighted by molar-refractivity contribution is -0.142. The maximum Gasteiger partial charge on any atom is 0.433 e. The van der Waals surface area contributed by atoms with Gasteiger partial charge in [-0.05, 0) is 31.5 Å². The summed E-state index contributed by atoms with van der Waals surface area (Å²) >= 11 is 0. The van der Waals surface area contributed by atoms with Gasteiger partial charge >= 0.3 is 6.18 Å². The average molecular weight is 334 g/mol. The first-order valence-electron chi connectivity index (χ1n) is 6.98. The van der Waals surface area contributed by atoms with Gasteiger partial charge in [0, 0.05) is 5.69 Å². The normalized spacial score (nSPS) is 12.4. The molecule has 0 aliphatic carbocycles. The Morgan fingerprint density at radius 3 is 2.50 bits per heavy atom. The van der Waals surface area contributed by atoms with Gasteiger partial charge in [-0.15, -0.1) is 10.2 Å². The van der Waals surface area contributed by atoms with Gasteiger partial charge in [0.1, 0.15) is 5.69 Å². The molecule has 3 rings (SSSR count). The molecule has 124 valence electrons. The monoisotopic (exact) mass is 334 g/mol. The van der Waals surface area contributed by atoms with E-state index in [0.29, 0.717) is 10.2 Å². The highest BCUT2D eigenvalue weighted by Gasteiger charge is 2.35. The molecule has 1 aromatic carbocycles. The van der Waals surface area contributed by atoms with Crippen LogP contribution >= 0.6 is 0 Å². The van der Waals surface area contributed by atoms with Crippen LogP contribution in [0.4, 0.5) is 30.4 Å². The first-order valence-corrected chi connectivity index (χ1v) is 6.98. The van der Waals surface area contributed by atoms with Crippen molar-refractivity contribution < 1.29 is 13.2 Å². The highest BCUT2D eigenvalue weighted by atomic mass is 19.4. The summed E-state index contributed by atoms with van der Waals surface area (Å²) in [5.74, 6) is -0.170. The number of azo groups is 1. The predicted octanol–water partition coefficient (Wildman–Crippen LogP) is 4.36. The third kappa shape index (κ3) is 2.80. The summed E-state index contributed by atoms with van der Waals surface area (Å²) in [6.45, 7) is 3.30. The molecule has 3 aromatic rings. The molecule has 0 aliphatic rings. The molecule has 0 saturated carbocycles. The van der Waals surface area contributed by atoms with Crippen LogP contribution in [0.25, 0.3) is 5.65 Å². The number of hydrogen-bond acceptors (Lipinski definition) is 5. The first kappa shape index (κ1) is 15.9. The molecule has 2 heterocycles. The van der Waals surface area contributed by atoms with E-state index < -0.39 is 11.9 Å². The van der Waals surface area contributed by atoms with E-state index in [1.165, 1.54) is 6.92 Å². The zero-order valence-corrected chi connectivity index (χ0v) is 12.8. The molecule has 0 atom stereocenters. The first-order chi connectivity index (χ1) is 11.3. The molecular weight excluding hydrogens is 321 g/mol. The van der Waals surface area contributed by atoms with Crippen LogP contribution in [0.3, 0.4) is 0 Å². The molecule has 0 radical (unpaired) electrons. The van der Waals surface area contributed by atoms with Gasteiger partial charge in [0.15, 0.2) is 17.2 Å². The lowest BCUT2D eigenvalue weighted by atomic mass is 10.2. The van der Waals surface area contributed by atoms with Crippen molar-refractivity contribution in [1.82, 2.24) is 14.6 Å². The van der Waals surface area contributed by atoms with Gasteiger partial charge in [-0.2, -0.15) is 18.3 Å². The summed E-state index contributed by atoms with van der Waals surface area (Å²) in [5, 5.41) is 11.7. The van der Waals surface area contributed by atoms with Crippen LogP contribution in [0.15, 0.2) is 40.6 Å². The highest BCUT2D eigenvalue weighted by Crippen LogP contribution is 2.35. The van der Waals surface area contributed by atoms with Gasteiger partial charge in [0.2, 0.25) is 0 Å². The molecule has 2 aromatic heterocycles. The molecule has 0 unspecified atom stereocenters. The third-order valence-electron chi connectivity index (χ3n) is 3.38. The number of fused-ring (bicyclic) bond motifs is 1. The largest absolute Gasteiger partial charge is 0.433 e. The van der Waals surface area contributed by atoms with E-state index in [1.54, 1.807) is 12.1 Å². The van der Waals surface area contributed by atoms with Crippen molar-refractivity contribution in [2.24, 2.45) is 10.2 Å². The van der Waals surface area contributed by atoms with E-state index in [0.717, 1.165) is 11.6 Å². The lowest BCUT2D eigenvalue weighted by Gasteiger charge is -2.09. The molecular formula is C15H13F3N6. The zero-order valence-electron chi connectivity index (χ0n) is 12.8. The maximum atomic E-state index is 13.2. The minimum absolute atomic E-state index is 0.00690. The molecule has 0 amide bonds. The molecule has 0 spiro atoms. The number of nitrogens with two attached hydrogens (primary N) is 1. The number of nitrogens with zero attached hydrogens (tertiary/aromatic N) is 5. The van der Waals surface area contributed by atoms with Crippen molar-refractivity contribution in [3.05, 3.63) is 47.3 Å². The summed E-state index contributed by atoms with van der Waals surface area (Å²) in [6.07, 6.45) is -4.59. The number of nitrogen functional groups attached to an aromatic ring is 1. The van der Waals surface area contributed by atoms with Crippen LogP contribution in [0, 0.1) is 13.8 Å². The van der Waals surface area contributed by atoms with Crippen molar-refractivity contribution in [3.8, 4) is 0 Å². The number of halogens is 3. The second kappa shape index (κ2) is 5.59. The number of rotatable bonds is 2. The second-order valence-corrected chi connectivity index (χ2v) is 5.24. The summed E-state index contributed by atoms with van der Waals surface area (Å²) in [4.78, 5) is 4.07. The van der Waals surface area contributed by atoms with E-state index in [9.17, 15) is 13.2 Å². The van der Waals surface area contributed by atoms with Crippen molar-refractivity contribution >= 4 is 22.8 Å². The SMILES string of the molecule is Cc1cc(C(F)(F)F)n2nc(N)c(N=Nc3ccccc3C)c2n1. The van der Waals surface area contributed by atoms with Crippen LogP contribution in [-0.2, 0) is 6.18 Å². The Kier molecular flexibility index (Phi) is 3.70. The number of aromatic nitrogens is 3. The van der Waals surface area contributed by atoms with Crippen LogP contribution in [-0.4, -0.2) is 14.6 Å². The van der Waals surface area contributed by atoms with Crippen molar-refractivity contribution in [2.45, 2.75) is 20.0 Å². The smallest absolute Gasteiger partial charge is 0.380 e. The lowest BCUT2D eigenvalue weighted by Crippen LogP contribution is -2.13. The van der Waals surface area contributed by atoms with Crippen molar-refractivity contribution in [2.75, 3.05) is 5.73 Å². The third-order valence-corrected chi connectivity index (χ3v) is 3.38. The number of hydrogen-bond donors (Lipinski definition) is 1.